The summed E-state index contributed by atoms with van der Waals surface area (Å²) in [7, 11) is 0. The molecule has 0 aromatic rings. The third-order valence-electron chi connectivity index (χ3n) is 6.77. The van der Waals surface area contributed by atoms with Crippen molar-refractivity contribution in [1.82, 2.24) is 24.9 Å². The van der Waals surface area contributed by atoms with Crippen LogP contribution in [0.25, 0.3) is 0 Å². The van der Waals surface area contributed by atoms with Crippen LogP contribution in [0.2, 0.25) is 0 Å². The number of amides is 1. The average Bonchev–Trinajstić information content (AvgIpc) is 2.99. The van der Waals surface area contributed by atoms with Crippen LogP contribution in [0.4, 0.5) is 4.79 Å². The summed E-state index contributed by atoms with van der Waals surface area (Å²) in [5.74, 6) is -0.497. The van der Waals surface area contributed by atoms with Gasteiger partial charge in [0.05, 0.1) is 38.4 Å². The maximum atomic E-state index is 12.5. The SMILES string of the molecule is CCOCCN1CCN(CCNC(=O)OC(C)(C)C)CC12CN(CC(=O)OCC)CCN(CC(=O)OCC)C2. The Morgan fingerprint density at radius 3 is 1.82 bits per heavy atom. The summed E-state index contributed by atoms with van der Waals surface area (Å²) in [6.07, 6.45) is -0.428. The quantitative estimate of drug-likeness (QED) is 0.196. The topological polar surface area (TPSA) is 113 Å². The lowest BCUT2D eigenvalue weighted by atomic mass is 9.91. The fourth-order valence-electron chi connectivity index (χ4n) is 5.26. The van der Waals surface area contributed by atoms with E-state index in [2.05, 4.69) is 24.9 Å². The van der Waals surface area contributed by atoms with E-state index in [0.29, 0.717) is 72.2 Å². The Balaban J connectivity index is 2.23. The highest BCUT2D eigenvalue weighted by Gasteiger charge is 2.45. The smallest absolute Gasteiger partial charge is 0.407 e. The van der Waals surface area contributed by atoms with Gasteiger partial charge in [-0.25, -0.2) is 4.79 Å². The molecule has 0 aliphatic carbocycles. The van der Waals surface area contributed by atoms with E-state index in [0.717, 1.165) is 19.6 Å². The van der Waals surface area contributed by atoms with Crippen LogP contribution in [0.5, 0.6) is 0 Å². The average molecular weight is 558 g/mol. The summed E-state index contributed by atoms with van der Waals surface area (Å²) in [5.41, 5.74) is -0.914. The van der Waals surface area contributed by atoms with Gasteiger partial charge in [-0.05, 0) is 41.5 Å². The molecule has 1 amide bonds. The number of esters is 2. The summed E-state index contributed by atoms with van der Waals surface area (Å²) >= 11 is 0. The molecule has 0 aromatic heterocycles. The first kappa shape index (κ1) is 33.2. The Hall–Kier alpha value is -1.99. The van der Waals surface area contributed by atoms with Crippen molar-refractivity contribution >= 4 is 18.0 Å². The first-order valence-corrected chi connectivity index (χ1v) is 14.3. The first-order chi connectivity index (χ1) is 18.5. The molecule has 39 heavy (non-hydrogen) atoms. The highest BCUT2D eigenvalue weighted by molar-refractivity contribution is 5.72. The Labute approximate surface area is 234 Å². The van der Waals surface area contributed by atoms with E-state index in [9.17, 15) is 14.4 Å². The zero-order chi connectivity index (χ0) is 28.9. The molecule has 1 N–H and O–H groups in total. The third-order valence-corrected chi connectivity index (χ3v) is 6.77. The van der Waals surface area contributed by atoms with Gasteiger partial charge in [0.15, 0.2) is 0 Å². The summed E-state index contributed by atoms with van der Waals surface area (Å²) in [6.45, 7) is 20.2. The van der Waals surface area contributed by atoms with Gasteiger partial charge in [-0.1, -0.05) is 0 Å². The summed E-state index contributed by atoms with van der Waals surface area (Å²) in [6, 6.07) is 0. The summed E-state index contributed by atoms with van der Waals surface area (Å²) in [5, 5.41) is 2.86. The summed E-state index contributed by atoms with van der Waals surface area (Å²) in [4.78, 5) is 46.1. The molecule has 0 saturated carbocycles. The van der Waals surface area contributed by atoms with Crippen LogP contribution in [0.3, 0.4) is 0 Å². The van der Waals surface area contributed by atoms with Crippen molar-refractivity contribution in [3.63, 3.8) is 0 Å². The fourth-order valence-corrected chi connectivity index (χ4v) is 5.26. The van der Waals surface area contributed by atoms with Crippen LogP contribution in [-0.4, -0.2) is 154 Å². The van der Waals surface area contributed by atoms with Gasteiger partial charge in [0, 0.05) is 72.1 Å². The van der Waals surface area contributed by atoms with Crippen molar-refractivity contribution in [3.05, 3.63) is 0 Å². The van der Waals surface area contributed by atoms with Gasteiger partial charge < -0.3 is 24.3 Å². The minimum atomic E-state index is -0.550. The number of nitrogens with zero attached hydrogens (tertiary/aromatic N) is 4. The molecule has 12 nitrogen and oxygen atoms in total. The highest BCUT2D eigenvalue weighted by Crippen LogP contribution is 2.27. The van der Waals surface area contributed by atoms with E-state index in [-0.39, 0.29) is 30.6 Å². The molecule has 226 valence electrons. The van der Waals surface area contributed by atoms with Crippen LogP contribution in [0, 0.1) is 0 Å². The Kier molecular flexibility index (Phi) is 13.9. The third kappa shape index (κ3) is 12.0. The lowest BCUT2D eigenvalue weighted by Crippen LogP contribution is -2.70. The number of ether oxygens (including phenoxy) is 4. The molecular weight excluding hydrogens is 506 g/mol. The van der Waals surface area contributed by atoms with Gasteiger partial charge in [0.1, 0.15) is 5.60 Å². The number of rotatable bonds is 13. The number of nitrogens with one attached hydrogen (secondary N) is 1. The van der Waals surface area contributed by atoms with E-state index in [1.165, 1.54) is 0 Å². The maximum Gasteiger partial charge on any atom is 0.407 e. The molecule has 2 aliphatic rings. The van der Waals surface area contributed by atoms with E-state index >= 15 is 0 Å². The van der Waals surface area contributed by atoms with Crippen molar-refractivity contribution in [2.24, 2.45) is 0 Å². The number of piperazine rings is 1. The van der Waals surface area contributed by atoms with Gasteiger partial charge >= 0.3 is 18.0 Å². The van der Waals surface area contributed by atoms with Crippen LogP contribution >= 0.6 is 0 Å². The number of carbonyl (C=O) groups excluding carboxylic acids is 3. The second-order valence-corrected chi connectivity index (χ2v) is 11.1. The van der Waals surface area contributed by atoms with Gasteiger partial charge in [-0.2, -0.15) is 0 Å². The molecular formula is C27H51N5O7. The summed E-state index contributed by atoms with van der Waals surface area (Å²) < 4.78 is 21.6. The monoisotopic (exact) mass is 557 g/mol. The molecule has 0 radical (unpaired) electrons. The van der Waals surface area contributed by atoms with Crippen molar-refractivity contribution in [2.75, 3.05) is 105 Å². The molecule has 0 bridgehead atoms. The van der Waals surface area contributed by atoms with Gasteiger partial charge in [0.2, 0.25) is 0 Å². The van der Waals surface area contributed by atoms with Gasteiger partial charge in [-0.15, -0.1) is 0 Å². The normalized spacial score (nSPS) is 19.4. The molecule has 12 heteroatoms. The number of hydrogen-bond acceptors (Lipinski definition) is 11. The van der Waals surface area contributed by atoms with E-state index in [4.69, 9.17) is 18.9 Å². The zero-order valence-corrected chi connectivity index (χ0v) is 25.0. The minimum absolute atomic E-state index is 0.197. The van der Waals surface area contributed by atoms with Crippen LogP contribution < -0.4 is 5.32 Å². The molecule has 2 aliphatic heterocycles. The Bertz CT molecular complexity index is 746. The second-order valence-electron chi connectivity index (χ2n) is 11.1. The van der Waals surface area contributed by atoms with E-state index in [1.54, 1.807) is 0 Å². The lowest BCUT2D eigenvalue weighted by molar-refractivity contribution is -0.145. The second kappa shape index (κ2) is 16.3. The Morgan fingerprint density at radius 2 is 1.31 bits per heavy atom. The fraction of sp³-hybridized carbons (Fsp3) is 0.889. The van der Waals surface area contributed by atoms with Gasteiger partial charge in [-0.3, -0.25) is 29.2 Å². The minimum Gasteiger partial charge on any atom is -0.465 e. The van der Waals surface area contributed by atoms with Crippen molar-refractivity contribution in [1.29, 1.82) is 0 Å². The van der Waals surface area contributed by atoms with Crippen LogP contribution in [0.1, 0.15) is 41.5 Å². The first-order valence-electron chi connectivity index (χ1n) is 14.3. The molecule has 0 aromatic carbocycles. The molecule has 2 fully saturated rings. The van der Waals surface area contributed by atoms with Crippen LogP contribution in [0.15, 0.2) is 0 Å². The predicted octanol–water partition coefficient (Wildman–Crippen LogP) is 0.648. The number of hydrogen-bond donors (Lipinski definition) is 1. The number of carbonyl (C=O) groups is 3. The molecule has 0 unspecified atom stereocenters. The van der Waals surface area contributed by atoms with E-state index in [1.807, 2.05) is 41.5 Å². The van der Waals surface area contributed by atoms with Crippen molar-refractivity contribution in [3.8, 4) is 0 Å². The largest absolute Gasteiger partial charge is 0.465 e. The maximum absolute atomic E-state index is 12.5. The van der Waals surface area contributed by atoms with Crippen LogP contribution in [-0.2, 0) is 28.5 Å². The molecule has 2 saturated heterocycles. The van der Waals surface area contributed by atoms with Crippen molar-refractivity contribution < 1.29 is 33.3 Å². The molecule has 2 rings (SSSR count). The Morgan fingerprint density at radius 1 is 0.769 bits per heavy atom. The highest BCUT2D eigenvalue weighted by atomic mass is 16.6. The zero-order valence-electron chi connectivity index (χ0n) is 25.0. The van der Waals surface area contributed by atoms with Gasteiger partial charge in [0.25, 0.3) is 0 Å². The molecule has 1 spiro atoms. The predicted molar refractivity (Wildman–Crippen MR) is 148 cm³/mol. The lowest BCUT2D eigenvalue weighted by Gasteiger charge is -2.52. The van der Waals surface area contributed by atoms with Crippen molar-refractivity contribution in [2.45, 2.75) is 52.7 Å². The molecule has 2 heterocycles. The number of alkyl carbamates (subject to hydrolysis) is 1. The molecule has 0 atom stereocenters. The standard InChI is InChI=1S/C27H51N5O7/c1-7-36-17-16-32-15-14-29(11-10-28-25(35)39-26(4,5)6)20-27(32)21-30(18-23(33)37-8-2)12-13-31(22-27)19-24(34)38-9-3/h7-22H2,1-6H3,(H,28,35). The van der Waals surface area contributed by atoms with E-state index < -0.39 is 11.7 Å².